The minimum Gasteiger partial charge on any atom is -0.493 e. The molecule has 0 bridgehead atoms. The van der Waals surface area contributed by atoms with Crippen LogP contribution in [0.1, 0.15) is 18.9 Å². The van der Waals surface area contributed by atoms with Crippen LogP contribution >= 0.6 is 11.3 Å². The monoisotopic (exact) mass is 248 g/mol. The lowest BCUT2D eigenvalue weighted by atomic mass is 10.2. The molecule has 0 atom stereocenters. The van der Waals surface area contributed by atoms with Crippen LogP contribution in [0.4, 0.5) is 5.13 Å². The Hall–Kier alpha value is -1.55. The summed E-state index contributed by atoms with van der Waals surface area (Å²) in [6, 6.07) is 8.11. The number of nitrogens with zero attached hydrogens (tertiary/aromatic N) is 1. The Bertz CT molecular complexity index is 442. The summed E-state index contributed by atoms with van der Waals surface area (Å²) in [6.07, 6.45) is 2.82. The zero-order valence-electron chi connectivity index (χ0n) is 9.85. The quantitative estimate of drug-likeness (QED) is 0.849. The van der Waals surface area contributed by atoms with E-state index in [-0.39, 0.29) is 0 Å². The first-order chi connectivity index (χ1) is 8.40. The van der Waals surface area contributed by atoms with Gasteiger partial charge < -0.3 is 10.1 Å². The molecule has 1 aromatic heterocycles. The summed E-state index contributed by atoms with van der Waals surface area (Å²) in [6.45, 7) is 3.61. The minimum absolute atomic E-state index is 0.743. The molecule has 90 valence electrons. The highest BCUT2D eigenvalue weighted by Crippen LogP contribution is 2.20. The van der Waals surface area contributed by atoms with E-state index >= 15 is 0 Å². The molecule has 0 unspecified atom stereocenters. The molecule has 3 nitrogen and oxygen atoms in total. The van der Waals surface area contributed by atoms with Crippen molar-refractivity contribution in [2.75, 3.05) is 11.9 Å². The first-order valence-corrected chi connectivity index (χ1v) is 6.62. The highest BCUT2D eigenvalue weighted by atomic mass is 32.1. The lowest BCUT2D eigenvalue weighted by Gasteiger charge is -2.10. The maximum Gasteiger partial charge on any atom is 0.182 e. The Labute approximate surface area is 105 Å². The fourth-order valence-corrected chi connectivity index (χ4v) is 2.01. The lowest BCUT2D eigenvalue weighted by molar-refractivity contribution is 0.314. The third-order valence-electron chi connectivity index (χ3n) is 2.30. The van der Waals surface area contributed by atoms with E-state index in [1.807, 2.05) is 23.6 Å². The van der Waals surface area contributed by atoms with Crippen LogP contribution in [0.3, 0.4) is 0 Å². The summed E-state index contributed by atoms with van der Waals surface area (Å²) >= 11 is 1.60. The lowest BCUT2D eigenvalue weighted by Crippen LogP contribution is -2.03. The van der Waals surface area contributed by atoms with Gasteiger partial charge in [-0.05, 0) is 12.5 Å². The van der Waals surface area contributed by atoms with Gasteiger partial charge in [0.25, 0.3) is 0 Å². The maximum absolute atomic E-state index is 5.70. The Morgan fingerprint density at radius 1 is 1.35 bits per heavy atom. The van der Waals surface area contributed by atoms with Crippen molar-refractivity contribution >= 4 is 16.5 Å². The van der Waals surface area contributed by atoms with Gasteiger partial charge in [-0.15, -0.1) is 11.3 Å². The Morgan fingerprint density at radius 3 is 3.00 bits per heavy atom. The average Bonchev–Trinajstić information content (AvgIpc) is 2.88. The summed E-state index contributed by atoms with van der Waals surface area (Å²) in [7, 11) is 0. The number of benzene rings is 1. The van der Waals surface area contributed by atoms with E-state index in [0.29, 0.717) is 0 Å². The van der Waals surface area contributed by atoms with Crippen LogP contribution in [0.2, 0.25) is 0 Å². The van der Waals surface area contributed by atoms with Crippen LogP contribution in [0.25, 0.3) is 0 Å². The van der Waals surface area contributed by atoms with Gasteiger partial charge in [-0.1, -0.05) is 25.1 Å². The van der Waals surface area contributed by atoms with Crippen molar-refractivity contribution in [2.45, 2.75) is 19.9 Å². The predicted molar refractivity (Wildman–Crippen MR) is 71.7 cm³/mol. The number of aromatic nitrogens is 1. The van der Waals surface area contributed by atoms with Gasteiger partial charge in [0.2, 0.25) is 0 Å². The Morgan fingerprint density at radius 2 is 2.24 bits per heavy atom. The summed E-state index contributed by atoms with van der Waals surface area (Å²) in [5.74, 6) is 0.957. The van der Waals surface area contributed by atoms with Gasteiger partial charge in [0.1, 0.15) is 5.75 Å². The van der Waals surface area contributed by atoms with Crippen molar-refractivity contribution in [2.24, 2.45) is 0 Å². The smallest absolute Gasteiger partial charge is 0.182 e. The molecule has 0 aliphatic rings. The molecular formula is C13H16N2OS. The topological polar surface area (TPSA) is 34.1 Å². The van der Waals surface area contributed by atoms with E-state index in [9.17, 15) is 0 Å². The molecule has 0 radical (unpaired) electrons. The van der Waals surface area contributed by atoms with Crippen molar-refractivity contribution in [1.29, 1.82) is 0 Å². The summed E-state index contributed by atoms with van der Waals surface area (Å²) in [5, 5.41) is 6.19. The molecule has 0 spiro atoms. The van der Waals surface area contributed by atoms with Crippen LogP contribution in [0.15, 0.2) is 35.8 Å². The van der Waals surface area contributed by atoms with Crippen molar-refractivity contribution in [3.05, 3.63) is 41.4 Å². The standard InChI is InChI=1S/C13H16N2OS/c1-2-8-16-12-6-4-3-5-11(12)10-15-13-14-7-9-17-13/h3-7,9H,2,8,10H2,1H3,(H,14,15). The zero-order valence-corrected chi connectivity index (χ0v) is 10.7. The molecule has 4 heteroatoms. The van der Waals surface area contributed by atoms with Crippen LogP contribution in [-0.2, 0) is 6.54 Å². The van der Waals surface area contributed by atoms with Crippen LogP contribution < -0.4 is 10.1 Å². The Kier molecular flexibility index (Phi) is 4.38. The van der Waals surface area contributed by atoms with Gasteiger partial charge in [0.15, 0.2) is 5.13 Å². The highest BCUT2D eigenvalue weighted by Gasteiger charge is 2.03. The number of thiazole rings is 1. The van der Waals surface area contributed by atoms with Crippen molar-refractivity contribution in [1.82, 2.24) is 4.98 Å². The second kappa shape index (κ2) is 6.25. The first kappa shape index (κ1) is 11.9. The predicted octanol–water partition coefficient (Wildman–Crippen LogP) is 3.54. The summed E-state index contributed by atoms with van der Waals surface area (Å²) in [5.41, 5.74) is 1.16. The van der Waals surface area contributed by atoms with Gasteiger partial charge >= 0.3 is 0 Å². The number of nitrogens with one attached hydrogen (secondary N) is 1. The third kappa shape index (κ3) is 3.46. The van der Waals surface area contributed by atoms with Gasteiger partial charge in [-0.2, -0.15) is 0 Å². The normalized spacial score (nSPS) is 10.2. The number of ether oxygens (including phenoxy) is 1. The molecule has 1 aromatic carbocycles. The third-order valence-corrected chi connectivity index (χ3v) is 3.03. The minimum atomic E-state index is 0.743. The van der Waals surface area contributed by atoms with E-state index < -0.39 is 0 Å². The molecule has 0 fully saturated rings. The molecule has 1 heterocycles. The fraction of sp³-hybridized carbons (Fsp3) is 0.308. The molecule has 0 saturated carbocycles. The number of hydrogen-bond donors (Lipinski definition) is 1. The second-order valence-electron chi connectivity index (χ2n) is 3.65. The van der Waals surface area contributed by atoms with Crippen LogP contribution in [0.5, 0.6) is 5.75 Å². The van der Waals surface area contributed by atoms with Crippen molar-refractivity contribution in [3.63, 3.8) is 0 Å². The van der Waals surface area contributed by atoms with Gasteiger partial charge in [0.05, 0.1) is 6.61 Å². The Balaban J connectivity index is 1.99. The van der Waals surface area contributed by atoms with E-state index in [1.165, 1.54) is 0 Å². The first-order valence-electron chi connectivity index (χ1n) is 5.74. The molecule has 2 aromatic rings. The van der Waals surface area contributed by atoms with E-state index in [1.54, 1.807) is 17.5 Å². The maximum atomic E-state index is 5.70. The van der Waals surface area contributed by atoms with Crippen molar-refractivity contribution in [3.8, 4) is 5.75 Å². The molecule has 17 heavy (non-hydrogen) atoms. The molecule has 1 N–H and O–H groups in total. The molecule has 0 aliphatic heterocycles. The number of hydrogen-bond acceptors (Lipinski definition) is 4. The zero-order chi connectivity index (χ0) is 11.9. The molecular weight excluding hydrogens is 232 g/mol. The van der Waals surface area contributed by atoms with E-state index in [4.69, 9.17) is 4.74 Å². The van der Waals surface area contributed by atoms with Crippen LogP contribution in [-0.4, -0.2) is 11.6 Å². The fourth-order valence-electron chi connectivity index (χ4n) is 1.48. The van der Waals surface area contributed by atoms with Crippen LogP contribution in [0, 0.1) is 0 Å². The van der Waals surface area contributed by atoms with E-state index in [0.717, 1.165) is 36.0 Å². The highest BCUT2D eigenvalue weighted by molar-refractivity contribution is 7.13. The van der Waals surface area contributed by atoms with Gasteiger partial charge in [-0.3, -0.25) is 0 Å². The molecule has 2 rings (SSSR count). The largest absolute Gasteiger partial charge is 0.493 e. The number of para-hydroxylation sites is 1. The summed E-state index contributed by atoms with van der Waals surface area (Å²) in [4.78, 5) is 4.19. The van der Waals surface area contributed by atoms with Gasteiger partial charge in [-0.25, -0.2) is 4.98 Å². The van der Waals surface area contributed by atoms with Crippen molar-refractivity contribution < 1.29 is 4.74 Å². The SMILES string of the molecule is CCCOc1ccccc1CNc1nccs1. The van der Waals surface area contributed by atoms with Gasteiger partial charge in [0, 0.05) is 23.7 Å². The average molecular weight is 248 g/mol. The molecule has 0 aliphatic carbocycles. The summed E-state index contributed by atoms with van der Waals surface area (Å²) < 4.78 is 5.70. The number of anilines is 1. The molecule has 0 amide bonds. The van der Waals surface area contributed by atoms with E-state index in [2.05, 4.69) is 23.3 Å². The molecule has 0 saturated heterocycles. The second-order valence-corrected chi connectivity index (χ2v) is 4.54. The number of rotatable bonds is 6.